The molecule has 0 atom stereocenters. The van der Waals surface area contributed by atoms with E-state index < -0.39 is 17.5 Å². The maximum absolute atomic E-state index is 13.7. The molecule has 6 heteroatoms. The minimum atomic E-state index is -0.707. The van der Waals surface area contributed by atoms with E-state index in [1.165, 1.54) is 18.3 Å². The number of aliphatic imine (C=N–C) groups is 1. The molecule has 0 radical (unpaired) electrons. The second-order valence-electron chi connectivity index (χ2n) is 4.44. The van der Waals surface area contributed by atoms with E-state index >= 15 is 0 Å². The summed E-state index contributed by atoms with van der Waals surface area (Å²) in [7, 11) is 0. The van der Waals surface area contributed by atoms with Crippen LogP contribution in [0, 0.1) is 17.5 Å². The number of nitrogens with zero attached hydrogens (tertiary/aromatic N) is 2. The molecule has 0 unspecified atom stereocenters. The van der Waals surface area contributed by atoms with Crippen LogP contribution < -0.4 is 5.46 Å². The van der Waals surface area contributed by atoms with Gasteiger partial charge in [-0.2, -0.15) is 0 Å². The Bertz CT molecular complexity index is 700. The average Bonchev–Trinajstić information content (AvgIpc) is 2.68. The number of hydrogen-bond acceptors (Lipinski definition) is 2. The van der Waals surface area contributed by atoms with Gasteiger partial charge in [0, 0.05) is 23.4 Å². The van der Waals surface area contributed by atoms with Crippen LogP contribution in [0.4, 0.5) is 18.9 Å². The van der Waals surface area contributed by atoms with Crippen LogP contribution in [0.25, 0.3) is 0 Å². The van der Waals surface area contributed by atoms with Gasteiger partial charge in [0.05, 0.1) is 11.9 Å². The van der Waals surface area contributed by atoms with Gasteiger partial charge in [-0.25, -0.2) is 13.2 Å². The Balaban J connectivity index is 2.13. The van der Waals surface area contributed by atoms with Gasteiger partial charge in [0.25, 0.3) is 0 Å². The largest absolute Gasteiger partial charge is 0.261 e. The van der Waals surface area contributed by atoms with Crippen LogP contribution >= 0.6 is 0 Å². The van der Waals surface area contributed by atoms with Crippen molar-refractivity contribution in [1.82, 2.24) is 4.98 Å². The molecule has 94 valence electrons. The van der Waals surface area contributed by atoms with E-state index in [9.17, 15) is 13.2 Å². The maximum atomic E-state index is 13.7. The Labute approximate surface area is 108 Å². The van der Waals surface area contributed by atoms with Crippen molar-refractivity contribution in [2.45, 2.75) is 6.82 Å². The number of hydrogen-bond donors (Lipinski definition) is 0. The van der Waals surface area contributed by atoms with Crippen LogP contribution in [0.2, 0.25) is 6.82 Å². The molecular formula is C13H8BF3N2. The normalized spacial score (nSPS) is 13.5. The van der Waals surface area contributed by atoms with Gasteiger partial charge in [-0.1, -0.05) is 6.82 Å². The molecule has 1 aliphatic rings. The molecule has 2 nitrogen and oxygen atoms in total. The molecular weight excluding hydrogens is 252 g/mol. The van der Waals surface area contributed by atoms with Gasteiger partial charge >= 0.3 is 0 Å². The van der Waals surface area contributed by atoms with Crippen molar-refractivity contribution in [2.24, 2.45) is 4.99 Å². The number of fused-ring (bicyclic) bond motifs is 1. The lowest BCUT2D eigenvalue weighted by Gasteiger charge is -2.05. The van der Waals surface area contributed by atoms with Crippen LogP contribution in [0.15, 0.2) is 35.6 Å². The van der Waals surface area contributed by atoms with Crippen molar-refractivity contribution in [2.75, 3.05) is 0 Å². The lowest BCUT2D eigenvalue weighted by Crippen LogP contribution is -2.32. The van der Waals surface area contributed by atoms with Crippen molar-refractivity contribution >= 4 is 23.5 Å². The minimum Gasteiger partial charge on any atom is -0.261 e. The Hall–Kier alpha value is -2.11. The fraction of sp³-hybridized carbons (Fsp3) is 0.0769. The summed E-state index contributed by atoms with van der Waals surface area (Å²) in [4.78, 5) is 7.90. The number of rotatable bonds is 1. The summed E-state index contributed by atoms with van der Waals surface area (Å²) >= 11 is 0. The molecule has 0 saturated carbocycles. The van der Waals surface area contributed by atoms with E-state index in [0.29, 0.717) is 16.6 Å². The molecule has 19 heavy (non-hydrogen) atoms. The molecule has 0 bridgehead atoms. The third-order valence-corrected chi connectivity index (χ3v) is 3.17. The van der Waals surface area contributed by atoms with Crippen molar-refractivity contribution in [3.05, 3.63) is 53.6 Å². The maximum Gasteiger partial charge on any atom is 0.234 e. The van der Waals surface area contributed by atoms with Crippen LogP contribution in [0.3, 0.4) is 0 Å². The zero-order valence-electron chi connectivity index (χ0n) is 9.99. The van der Waals surface area contributed by atoms with Crippen molar-refractivity contribution in [1.29, 1.82) is 0 Å². The second-order valence-corrected chi connectivity index (χ2v) is 4.44. The van der Waals surface area contributed by atoms with Gasteiger partial charge in [-0.05, 0) is 17.6 Å². The molecule has 1 aromatic heterocycles. The van der Waals surface area contributed by atoms with Gasteiger partial charge in [-0.15, -0.1) is 0 Å². The molecule has 0 saturated heterocycles. The summed E-state index contributed by atoms with van der Waals surface area (Å²) in [5.74, 6) is -1.84. The summed E-state index contributed by atoms with van der Waals surface area (Å²) in [5.41, 5.74) is 1.56. The Morgan fingerprint density at radius 1 is 1.00 bits per heavy atom. The quantitative estimate of drug-likeness (QED) is 0.723. The highest BCUT2D eigenvalue weighted by atomic mass is 19.1. The predicted molar refractivity (Wildman–Crippen MR) is 68.0 cm³/mol. The van der Waals surface area contributed by atoms with E-state index in [1.54, 1.807) is 6.82 Å². The van der Waals surface area contributed by atoms with Gasteiger partial charge in [-0.3, -0.25) is 9.98 Å². The van der Waals surface area contributed by atoms with Gasteiger partial charge in [0.15, 0.2) is 5.82 Å². The molecule has 0 amide bonds. The molecule has 2 heterocycles. The molecule has 3 rings (SSSR count). The van der Waals surface area contributed by atoms with Crippen LogP contribution in [0.1, 0.15) is 5.56 Å². The first-order valence-corrected chi connectivity index (χ1v) is 5.74. The SMILES string of the molecule is CB1C(c2cncc(F)c2)=Nc2c(F)cc(F)cc21. The van der Waals surface area contributed by atoms with E-state index in [-0.39, 0.29) is 12.4 Å². The minimum absolute atomic E-state index is 0.119. The molecule has 1 aromatic carbocycles. The highest BCUT2D eigenvalue weighted by Crippen LogP contribution is 2.25. The van der Waals surface area contributed by atoms with Gasteiger partial charge in [0.2, 0.25) is 6.71 Å². The van der Waals surface area contributed by atoms with Gasteiger partial charge < -0.3 is 0 Å². The summed E-state index contributed by atoms with van der Waals surface area (Å²) in [6.07, 6.45) is 2.54. The monoisotopic (exact) mass is 260 g/mol. The predicted octanol–water partition coefficient (Wildman–Crippen LogP) is 2.50. The first-order valence-electron chi connectivity index (χ1n) is 5.74. The molecule has 0 aliphatic carbocycles. The number of aromatic nitrogens is 1. The first kappa shape index (κ1) is 12.0. The third-order valence-electron chi connectivity index (χ3n) is 3.17. The van der Waals surface area contributed by atoms with E-state index in [1.807, 2.05) is 0 Å². The first-order chi connectivity index (χ1) is 9.06. The third kappa shape index (κ3) is 1.93. The summed E-state index contributed by atoms with van der Waals surface area (Å²) in [6.45, 7) is 1.47. The fourth-order valence-electron chi connectivity index (χ4n) is 2.26. The van der Waals surface area contributed by atoms with Crippen molar-refractivity contribution in [3.8, 4) is 0 Å². The molecule has 0 N–H and O–H groups in total. The topological polar surface area (TPSA) is 25.2 Å². The van der Waals surface area contributed by atoms with Gasteiger partial charge in [0.1, 0.15) is 11.6 Å². The van der Waals surface area contributed by atoms with E-state index in [2.05, 4.69) is 9.98 Å². The lowest BCUT2D eigenvalue weighted by atomic mass is 9.43. The second kappa shape index (κ2) is 4.22. The molecule has 1 aliphatic heterocycles. The number of pyridine rings is 1. The van der Waals surface area contributed by atoms with E-state index in [4.69, 9.17) is 0 Å². The van der Waals surface area contributed by atoms with Crippen molar-refractivity contribution < 1.29 is 13.2 Å². The summed E-state index contributed by atoms with van der Waals surface area (Å²) in [6, 6.07) is 3.33. The Kier molecular flexibility index (Phi) is 2.66. The zero-order valence-corrected chi connectivity index (χ0v) is 9.99. The van der Waals surface area contributed by atoms with Crippen LogP contribution in [-0.4, -0.2) is 17.3 Å². The average molecular weight is 260 g/mol. The molecule has 0 fully saturated rings. The zero-order chi connectivity index (χ0) is 13.6. The Morgan fingerprint density at radius 3 is 2.53 bits per heavy atom. The smallest absolute Gasteiger partial charge is 0.234 e. The molecule has 0 spiro atoms. The summed E-state index contributed by atoms with van der Waals surface area (Å²) in [5, 5.41) is 0. The Morgan fingerprint density at radius 2 is 1.79 bits per heavy atom. The van der Waals surface area contributed by atoms with Crippen molar-refractivity contribution in [3.63, 3.8) is 0 Å². The number of benzene rings is 1. The lowest BCUT2D eigenvalue weighted by molar-refractivity contribution is 0.587. The standard InChI is InChI=1S/C13H8BF3N2/c1-14-10-3-8(15)4-11(17)12(10)19-13(14)7-2-9(16)6-18-5-7/h2-6H,1H3. The van der Waals surface area contributed by atoms with Crippen LogP contribution in [-0.2, 0) is 0 Å². The highest BCUT2D eigenvalue weighted by molar-refractivity contribution is 7.04. The van der Waals surface area contributed by atoms with E-state index in [0.717, 1.165) is 12.3 Å². The van der Waals surface area contributed by atoms with Crippen LogP contribution in [0.5, 0.6) is 0 Å². The number of halogens is 3. The summed E-state index contributed by atoms with van der Waals surface area (Å²) < 4.78 is 40.1. The highest BCUT2D eigenvalue weighted by Gasteiger charge is 2.30. The fourth-order valence-corrected chi connectivity index (χ4v) is 2.26. The molecule has 2 aromatic rings.